The first-order chi connectivity index (χ1) is 6.13. The number of rotatable bonds is 0. The molecule has 2 atom stereocenters. The summed E-state index contributed by atoms with van der Waals surface area (Å²) in [5.41, 5.74) is 2.88. The maximum absolute atomic E-state index is 9.98. The number of fused-ring (bicyclic) bond motifs is 1. The summed E-state index contributed by atoms with van der Waals surface area (Å²) in [6.45, 7) is 4.35. The molecule has 0 heterocycles. The molecule has 2 unspecified atom stereocenters. The lowest BCUT2D eigenvalue weighted by Crippen LogP contribution is -2.38. The highest BCUT2D eigenvalue weighted by molar-refractivity contribution is 5.33. The van der Waals surface area contributed by atoms with Crippen molar-refractivity contribution in [2.75, 3.05) is 0 Å². The van der Waals surface area contributed by atoms with Crippen molar-refractivity contribution in [1.82, 2.24) is 0 Å². The number of hydrogen-bond donors (Lipinski definition) is 1. The van der Waals surface area contributed by atoms with Crippen molar-refractivity contribution in [3.05, 3.63) is 23.3 Å². The van der Waals surface area contributed by atoms with Gasteiger partial charge in [-0.1, -0.05) is 30.2 Å². The van der Waals surface area contributed by atoms with Gasteiger partial charge in [0.1, 0.15) is 0 Å². The highest BCUT2D eigenvalue weighted by atomic mass is 16.3. The lowest BCUT2D eigenvalue weighted by atomic mass is 9.65. The van der Waals surface area contributed by atoms with Gasteiger partial charge in [-0.25, -0.2) is 0 Å². The molecule has 1 nitrogen and oxygen atoms in total. The Morgan fingerprint density at radius 1 is 1.54 bits per heavy atom. The van der Waals surface area contributed by atoms with E-state index in [2.05, 4.69) is 26.0 Å². The van der Waals surface area contributed by atoms with Crippen LogP contribution in [0.4, 0.5) is 0 Å². The summed E-state index contributed by atoms with van der Waals surface area (Å²) in [5, 5.41) is 9.98. The second-order valence-electron chi connectivity index (χ2n) is 4.65. The summed E-state index contributed by atoms with van der Waals surface area (Å²) >= 11 is 0. The molecule has 0 bridgehead atoms. The normalized spacial score (nSPS) is 39.2. The number of allylic oxidation sites excluding steroid dienone is 3. The SMILES string of the molecule is CC1=CCC2(C)C(=C1)CCCC2O. The molecule has 1 saturated carbocycles. The Morgan fingerprint density at radius 2 is 2.31 bits per heavy atom. The Kier molecular flexibility index (Phi) is 2.07. The van der Waals surface area contributed by atoms with E-state index in [9.17, 15) is 5.11 Å². The van der Waals surface area contributed by atoms with Crippen molar-refractivity contribution in [2.24, 2.45) is 5.41 Å². The van der Waals surface area contributed by atoms with Gasteiger partial charge in [0, 0.05) is 5.41 Å². The molecule has 1 N–H and O–H groups in total. The van der Waals surface area contributed by atoms with Crippen molar-refractivity contribution in [3.8, 4) is 0 Å². The minimum Gasteiger partial charge on any atom is -0.392 e. The van der Waals surface area contributed by atoms with Crippen LogP contribution in [-0.2, 0) is 0 Å². The van der Waals surface area contributed by atoms with E-state index < -0.39 is 0 Å². The maximum atomic E-state index is 9.98. The van der Waals surface area contributed by atoms with E-state index in [-0.39, 0.29) is 11.5 Å². The molecule has 0 aliphatic heterocycles. The quantitative estimate of drug-likeness (QED) is 0.604. The van der Waals surface area contributed by atoms with Gasteiger partial charge < -0.3 is 5.11 Å². The van der Waals surface area contributed by atoms with Crippen LogP contribution < -0.4 is 0 Å². The molecule has 0 radical (unpaired) electrons. The molecule has 0 aromatic rings. The first kappa shape index (κ1) is 9.01. The molecule has 0 spiro atoms. The Morgan fingerprint density at radius 3 is 3.08 bits per heavy atom. The minimum atomic E-state index is -0.128. The van der Waals surface area contributed by atoms with Crippen LogP contribution in [0.1, 0.15) is 39.5 Å². The van der Waals surface area contributed by atoms with Crippen LogP contribution >= 0.6 is 0 Å². The predicted octanol–water partition coefficient (Wildman–Crippen LogP) is 2.81. The highest BCUT2D eigenvalue weighted by Gasteiger charge is 2.39. The summed E-state index contributed by atoms with van der Waals surface area (Å²) < 4.78 is 0. The van der Waals surface area contributed by atoms with Crippen molar-refractivity contribution < 1.29 is 5.11 Å². The van der Waals surface area contributed by atoms with Crippen LogP contribution in [0.3, 0.4) is 0 Å². The van der Waals surface area contributed by atoms with Gasteiger partial charge in [-0.2, -0.15) is 0 Å². The molecule has 1 fully saturated rings. The average Bonchev–Trinajstić information content (AvgIpc) is 2.09. The topological polar surface area (TPSA) is 20.2 Å². The molecule has 72 valence electrons. The summed E-state index contributed by atoms with van der Waals surface area (Å²) in [6, 6.07) is 0. The Bertz CT molecular complexity index is 275. The van der Waals surface area contributed by atoms with Crippen molar-refractivity contribution in [3.63, 3.8) is 0 Å². The summed E-state index contributed by atoms with van der Waals surface area (Å²) in [6.07, 6.45) is 8.71. The fourth-order valence-corrected chi connectivity index (χ4v) is 2.51. The molecule has 1 heteroatoms. The Hall–Kier alpha value is -0.560. The van der Waals surface area contributed by atoms with E-state index in [4.69, 9.17) is 0 Å². The lowest BCUT2D eigenvalue weighted by Gasteiger charge is -2.42. The van der Waals surface area contributed by atoms with E-state index in [1.807, 2.05) is 0 Å². The van der Waals surface area contributed by atoms with E-state index in [0.29, 0.717) is 0 Å². The summed E-state index contributed by atoms with van der Waals surface area (Å²) in [7, 11) is 0. The fraction of sp³-hybridized carbons (Fsp3) is 0.667. The van der Waals surface area contributed by atoms with Crippen LogP contribution in [-0.4, -0.2) is 11.2 Å². The predicted molar refractivity (Wildman–Crippen MR) is 54.4 cm³/mol. The van der Waals surface area contributed by atoms with Crippen LogP contribution in [0.15, 0.2) is 23.3 Å². The third-order valence-corrected chi connectivity index (χ3v) is 3.64. The molecular formula is C12H18O. The second kappa shape index (κ2) is 2.98. The average molecular weight is 178 g/mol. The second-order valence-corrected chi connectivity index (χ2v) is 4.65. The Balaban J connectivity index is 2.33. The zero-order valence-electron chi connectivity index (χ0n) is 8.51. The third kappa shape index (κ3) is 1.35. The fourth-order valence-electron chi connectivity index (χ4n) is 2.51. The van der Waals surface area contributed by atoms with E-state index in [0.717, 1.165) is 19.3 Å². The van der Waals surface area contributed by atoms with Crippen molar-refractivity contribution >= 4 is 0 Å². The molecule has 0 amide bonds. The minimum absolute atomic E-state index is 0.0533. The maximum Gasteiger partial charge on any atom is 0.0634 e. The first-order valence-electron chi connectivity index (χ1n) is 5.19. The number of hydrogen-bond acceptors (Lipinski definition) is 1. The van der Waals surface area contributed by atoms with Gasteiger partial charge in [0.25, 0.3) is 0 Å². The summed E-state index contributed by atoms with van der Waals surface area (Å²) in [5.74, 6) is 0. The third-order valence-electron chi connectivity index (χ3n) is 3.64. The number of aliphatic hydroxyl groups excluding tert-OH is 1. The van der Waals surface area contributed by atoms with Gasteiger partial charge in [0.2, 0.25) is 0 Å². The van der Waals surface area contributed by atoms with E-state index in [1.54, 1.807) is 0 Å². The molecular weight excluding hydrogens is 160 g/mol. The van der Waals surface area contributed by atoms with Crippen LogP contribution in [0.5, 0.6) is 0 Å². The van der Waals surface area contributed by atoms with Gasteiger partial charge in [0.15, 0.2) is 0 Å². The molecule has 13 heavy (non-hydrogen) atoms. The van der Waals surface area contributed by atoms with Crippen molar-refractivity contribution in [1.29, 1.82) is 0 Å². The largest absolute Gasteiger partial charge is 0.392 e. The van der Waals surface area contributed by atoms with Crippen LogP contribution in [0.25, 0.3) is 0 Å². The van der Waals surface area contributed by atoms with E-state index >= 15 is 0 Å². The van der Waals surface area contributed by atoms with Gasteiger partial charge >= 0.3 is 0 Å². The Labute approximate surface area is 80.2 Å². The molecule has 0 saturated heterocycles. The number of aliphatic hydroxyl groups is 1. The van der Waals surface area contributed by atoms with Gasteiger partial charge in [-0.05, 0) is 32.6 Å². The molecule has 2 rings (SSSR count). The van der Waals surface area contributed by atoms with Crippen molar-refractivity contribution in [2.45, 2.75) is 45.6 Å². The van der Waals surface area contributed by atoms with Gasteiger partial charge in [-0.15, -0.1) is 0 Å². The zero-order chi connectivity index (χ0) is 9.47. The highest BCUT2D eigenvalue weighted by Crippen LogP contribution is 2.46. The lowest BCUT2D eigenvalue weighted by molar-refractivity contribution is 0.0371. The summed E-state index contributed by atoms with van der Waals surface area (Å²) in [4.78, 5) is 0. The van der Waals surface area contributed by atoms with Crippen LogP contribution in [0.2, 0.25) is 0 Å². The molecule has 2 aliphatic carbocycles. The molecule has 2 aliphatic rings. The molecule has 0 aromatic carbocycles. The molecule has 0 aromatic heterocycles. The standard InChI is InChI=1S/C12H18O/c1-9-6-7-12(2)10(8-9)4-3-5-11(12)13/h6,8,11,13H,3-5,7H2,1-2H3. The van der Waals surface area contributed by atoms with Gasteiger partial charge in [-0.3, -0.25) is 0 Å². The van der Waals surface area contributed by atoms with E-state index in [1.165, 1.54) is 17.6 Å². The first-order valence-corrected chi connectivity index (χ1v) is 5.19. The van der Waals surface area contributed by atoms with Gasteiger partial charge in [0.05, 0.1) is 6.10 Å². The zero-order valence-corrected chi connectivity index (χ0v) is 8.51. The smallest absolute Gasteiger partial charge is 0.0634 e. The van der Waals surface area contributed by atoms with Crippen LogP contribution in [0, 0.1) is 5.41 Å². The monoisotopic (exact) mass is 178 g/mol.